The van der Waals surface area contributed by atoms with Crippen molar-refractivity contribution in [3.63, 3.8) is 0 Å². The number of aryl methyl sites for hydroxylation is 1. The largest absolute Gasteiger partial charge is 0.396 e. The molecule has 1 amide bonds. The van der Waals surface area contributed by atoms with Gasteiger partial charge in [-0.1, -0.05) is 36.4 Å². The number of hydroxylamine groups is 1. The van der Waals surface area contributed by atoms with E-state index in [0.29, 0.717) is 11.8 Å². The van der Waals surface area contributed by atoms with Crippen molar-refractivity contribution in [3.05, 3.63) is 64.6 Å². The summed E-state index contributed by atoms with van der Waals surface area (Å²) in [7, 11) is -3.83. The van der Waals surface area contributed by atoms with E-state index in [0.717, 1.165) is 42.2 Å². The number of hydrogen-bond donors (Lipinski definition) is 3. The summed E-state index contributed by atoms with van der Waals surface area (Å²) in [6.07, 6.45) is 9.81. The molecule has 0 bridgehead atoms. The summed E-state index contributed by atoms with van der Waals surface area (Å²) in [5, 5.41) is 18.2. The van der Waals surface area contributed by atoms with E-state index in [1.54, 1.807) is 12.3 Å². The normalized spacial score (nSPS) is 20.4. The second kappa shape index (κ2) is 10.7. The van der Waals surface area contributed by atoms with Crippen molar-refractivity contribution in [2.75, 3.05) is 12.9 Å². The maximum atomic E-state index is 12.6. The Morgan fingerprint density at radius 3 is 2.47 bits per heavy atom. The smallest absolute Gasteiger partial charge is 0.264 e. The molecule has 0 spiro atoms. The first kappa shape index (κ1) is 25.9. The molecule has 8 nitrogen and oxygen atoms in total. The van der Waals surface area contributed by atoms with Crippen molar-refractivity contribution in [1.29, 1.82) is 0 Å². The number of benzene rings is 1. The first-order valence-corrected chi connectivity index (χ1v) is 13.2. The summed E-state index contributed by atoms with van der Waals surface area (Å²) in [4.78, 5) is 24.6. The van der Waals surface area contributed by atoms with Crippen LogP contribution < -0.4 is 11.0 Å². The highest BCUT2D eigenvalue weighted by atomic mass is 32.2. The van der Waals surface area contributed by atoms with Crippen LogP contribution in [0.5, 0.6) is 0 Å². The number of amides is 1. The molecule has 1 aliphatic carbocycles. The summed E-state index contributed by atoms with van der Waals surface area (Å²) in [6.45, 7) is 1.48. The number of aliphatic hydroxyl groups excluding tert-OH is 1. The number of allylic oxidation sites excluding steroid dienone is 1. The van der Waals surface area contributed by atoms with Gasteiger partial charge in [-0.15, -0.1) is 0 Å². The molecule has 1 aromatic heterocycles. The first-order valence-electron chi connectivity index (χ1n) is 11.3. The number of carbonyl (C=O) groups excluding carboxylic acids is 1. The van der Waals surface area contributed by atoms with Crippen molar-refractivity contribution >= 4 is 21.8 Å². The van der Waals surface area contributed by atoms with Crippen LogP contribution in [0.4, 0.5) is 0 Å². The van der Waals surface area contributed by atoms with Gasteiger partial charge in [0.2, 0.25) is 0 Å². The Kier molecular flexibility index (Phi) is 8.12. The summed E-state index contributed by atoms with van der Waals surface area (Å²) >= 11 is 0. The zero-order valence-electron chi connectivity index (χ0n) is 19.5. The molecule has 9 heteroatoms. The molecule has 3 N–H and O–H groups in total. The minimum absolute atomic E-state index is 0.00184. The average Bonchev–Trinajstić information content (AvgIpc) is 3.29. The van der Waals surface area contributed by atoms with Crippen LogP contribution in [0, 0.1) is 11.8 Å². The van der Waals surface area contributed by atoms with Gasteiger partial charge in [0.1, 0.15) is 0 Å². The zero-order chi connectivity index (χ0) is 24.9. The van der Waals surface area contributed by atoms with Crippen molar-refractivity contribution < 1.29 is 23.5 Å². The van der Waals surface area contributed by atoms with Crippen molar-refractivity contribution in [1.82, 2.24) is 10.0 Å². The Morgan fingerprint density at radius 2 is 1.91 bits per heavy atom. The Bertz CT molecular complexity index is 1200. The van der Waals surface area contributed by atoms with Crippen LogP contribution in [-0.2, 0) is 21.2 Å². The number of rotatable bonds is 9. The van der Waals surface area contributed by atoms with Gasteiger partial charge in [0.25, 0.3) is 11.5 Å². The standard InChI is InChI=1S/C25H32N2O6S/c1-25(24(30)26-31,34(2,32)33)12-14-27-13-11-22(16-23(27)29)21-9-7-18(8-10-21)3-4-19-5-6-20(15-19)17-28/h3-4,7-11,13,16,19-20,28,31H,5-6,12,14-15,17H2,1-2H3,(H,26,30)/b4-3+. The third-order valence-electron chi connectivity index (χ3n) is 6.87. The van der Waals surface area contributed by atoms with E-state index < -0.39 is 20.5 Å². The predicted octanol–water partition coefficient (Wildman–Crippen LogP) is 2.64. The van der Waals surface area contributed by atoms with Crippen LogP contribution in [0.25, 0.3) is 17.2 Å². The number of nitrogens with one attached hydrogen (secondary N) is 1. The van der Waals surface area contributed by atoms with Crippen molar-refractivity contribution in [2.45, 2.75) is 43.9 Å². The van der Waals surface area contributed by atoms with E-state index in [4.69, 9.17) is 5.21 Å². The highest BCUT2D eigenvalue weighted by Gasteiger charge is 2.43. The number of nitrogens with zero attached hydrogens (tertiary/aromatic N) is 1. The molecule has 184 valence electrons. The minimum atomic E-state index is -3.83. The third-order valence-corrected chi connectivity index (χ3v) is 8.90. The molecular formula is C25H32N2O6S. The molecule has 3 atom stereocenters. The van der Waals surface area contributed by atoms with E-state index in [1.165, 1.54) is 23.0 Å². The second-order valence-electron chi connectivity index (χ2n) is 9.24. The molecule has 34 heavy (non-hydrogen) atoms. The topological polar surface area (TPSA) is 126 Å². The minimum Gasteiger partial charge on any atom is -0.396 e. The van der Waals surface area contributed by atoms with Crippen LogP contribution >= 0.6 is 0 Å². The second-order valence-corrected chi connectivity index (χ2v) is 11.7. The monoisotopic (exact) mass is 488 g/mol. The lowest BCUT2D eigenvalue weighted by molar-refractivity contribution is -0.131. The van der Waals surface area contributed by atoms with Gasteiger partial charge in [-0.25, -0.2) is 13.9 Å². The zero-order valence-corrected chi connectivity index (χ0v) is 20.3. The lowest BCUT2D eigenvalue weighted by atomic mass is 10.0. The molecule has 1 fully saturated rings. The lowest BCUT2D eigenvalue weighted by Crippen LogP contribution is -2.49. The Balaban J connectivity index is 1.69. The number of hydrogen-bond acceptors (Lipinski definition) is 6. The molecule has 1 heterocycles. The van der Waals surface area contributed by atoms with Gasteiger partial charge < -0.3 is 9.67 Å². The van der Waals surface area contributed by atoms with E-state index in [-0.39, 0.29) is 25.1 Å². The fraction of sp³-hybridized carbons (Fsp3) is 0.440. The molecule has 1 aliphatic rings. The van der Waals surface area contributed by atoms with Gasteiger partial charge >= 0.3 is 0 Å². The number of aromatic nitrogens is 1. The lowest BCUT2D eigenvalue weighted by Gasteiger charge is -2.25. The number of pyridine rings is 1. The van der Waals surface area contributed by atoms with Gasteiger partial charge in [0.05, 0.1) is 0 Å². The van der Waals surface area contributed by atoms with Crippen LogP contribution in [-0.4, -0.2) is 46.8 Å². The van der Waals surface area contributed by atoms with Gasteiger partial charge in [-0.3, -0.25) is 14.8 Å². The van der Waals surface area contributed by atoms with E-state index in [2.05, 4.69) is 12.2 Å². The maximum absolute atomic E-state index is 12.6. The molecular weight excluding hydrogens is 456 g/mol. The summed E-state index contributed by atoms with van der Waals surface area (Å²) in [6, 6.07) is 11.1. The average molecular weight is 489 g/mol. The molecule has 0 aliphatic heterocycles. The Hall–Kier alpha value is -2.75. The fourth-order valence-corrected chi connectivity index (χ4v) is 5.12. The van der Waals surface area contributed by atoms with Crippen LogP contribution in [0.2, 0.25) is 0 Å². The van der Waals surface area contributed by atoms with Gasteiger partial charge in [-0.2, -0.15) is 0 Å². The molecule has 1 aromatic carbocycles. The summed E-state index contributed by atoms with van der Waals surface area (Å²) < 4.78 is 23.7. The Labute approximate surface area is 199 Å². The molecule has 1 saturated carbocycles. The molecule has 0 saturated heterocycles. The fourth-order valence-electron chi connectivity index (χ4n) is 4.28. The van der Waals surface area contributed by atoms with Crippen molar-refractivity contribution in [2.24, 2.45) is 11.8 Å². The van der Waals surface area contributed by atoms with E-state index >= 15 is 0 Å². The van der Waals surface area contributed by atoms with E-state index in [1.807, 2.05) is 24.3 Å². The third kappa shape index (κ3) is 5.84. The SMILES string of the molecule is CC(CCn1ccc(-c2ccc(/C=C/C3CCC(CO)C3)cc2)cc1=O)(C(=O)NO)S(C)(=O)=O. The van der Waals surface area contributed by atoms with Crippen LogP contribution in [0.15, 0.2) is 53.5 Å². The number of sulfone groups is 1. The molecule has 3 rings (SSSR count). The quantitative estimate of drug-likeness (QED) is 0.368. The van der Waals surface area contributed by atoms with Crippen LogP contribution in [0.3, 0.4) is 0 Å². The number of aliphatic hydroxyl groups is 1. The van der Waals surface area contributed by atoms with Gasteiger partial charge in [0, 0.05) is 31.7 Å². The first-order chi connectivity index (χ1) is 16.1. The highest BCUT2D eigenvalue weighted by molar-refractivity contribution is 7.92. The molecule has 2 aromatic rings. The number of carbonyl (C=O) groups is 1. The summed E-state index contributed by atoms with van der Waals surface area (Å²) in [5.41, 5.74) is 3.76. The molecule has 0 radical (unpaired) electrons. The maximum Gasteiger partial charge on any atom is 0.264 e. The van der Waals surface area contributed by atoms with E-state index in [9.17, 15) is 23.1 Å². The van der Waals surface area contributed by atoms with Gasteiger partial charge in [0.15, 0.2) is 14.6 Å². The molecule has 3 unspecified atom stereocenters. The summed E-state index contributed by atoms with van der Waals surface area (Å²) in [5.74, 6) is -0.126. The Morgan fingerprint density at radius 1 is 1.21 bits per heavy atom. The van der Waals surface area contributed by atoms with Crippen molar-refractivity contribution in [3.8, 4) is 11.1 Å². The van der Waals surface area contributed by atoms with Crippen LogP contribution in [0.1, 0.15) is 38.2 Å². The highest BCUT2D eigenvalue weighted by Crippen LogP contribution is 2.32. The van der Waals surface area contributed by atoms with Gasteiger partial charge in [-0.05, 0) is 67.2 Å². The predicted molar refractivity (Wildman–Crippen MR) is 131 cm³/mol.